The lowest BCUT2D eigenvalue weighted by Crippen LogP contribution is -2.10. The molecule has 0 saturated heterocycles. The van der Waals surface area contributed by atoms with Crippen LogP contribution in [0, 0.1) is 0 Å². The molecule has 0 radical (unpaired) electrons. The van der Waals surface area contributed by atoms with Crippen LogP contribution < -0.4 is 4.90 Å². The van der Waals surface area contributed by atoms with Crippen molar-refractivity contribution in [3.05, 3.63) is 30.1 Å². The highest BCUT2D eigenvalue weighted by Crippen LogP contribution is 2.19. The summed E-state index contributed by atoms with van der Waals surface area (Å²) >= 11 is 1.64. The standard InChI is InChI=1S/C10H13N5S/c1-15(2)9-4-3-8(5-11-9)7-16-10-6-12-14-13-10/h3-6H,7H2,1-2H3,(H,12,13,14). The summed E-state index contributed by atoms with van der Waals surface area (Å²) < 4.78 is 0. The molecule has 2 rings (SSSR count). The minimum absolute atomic E-state index is 0.854. The molecule has 16 heavy (non-hydrogen) atoms. The topological polar surface area (TPSA) is 57.7 Å². The molecule has 0 aliphatic carbocycles. The van der Waals surface area contributed by atoms with Crippen molar-refractivity contribution < 1.29 is 0 Å². The number of nitrogens with one attached hydrogen (secondary N) is 1. The monoisotopic (exact) mass is 235 g/mol. The van der Waals surface area contributed by atoms with Gasteiger partial charge in [-0.15, -0.1) is 5.10 Å². The lowest BCUT2D eigenvalue weighted by molar-refractivity contribution is 0.911. The molecular weight excluding hydrogens is 222 g/mol. The first-order valence-corrected chi connectivity index (χ1v) is 5.85. The lowest BCUT2D eigenvalue weighted by Gasteiger charge is -2.10. The average Bonchev–Trinajstić information content (AvgIpc) is 2.80. The molecule has 1 N–H and O–H groups in total. The van der Waals surface area contributed by atoms with Gasteiger partial charge < -0.3 is 4.90 Å². The Hall–Kier alpha value is -1.56. The Morgan fingerprint density at radius 3 is 2.75 bits per heavy atom. The molecule has 0 unspecified atom stereocenters. The smallest absolute Gasteiger partial charge is 0.139 e. The average molecular weight is 235 g/mol. The number of anilines is 1. The SMILES string of the molecule is CN(C)c1ccc(CSc2cn[nH]n2)cn1. The molecule has 2 aromatic heterocycles. The zero-order valence-corrected chi connectivity index (χ0v) is 10.0. The molecule has 0 amide bonds. The van der Waals surface area contributed by atoms with Gasteiger partial charge in [-0.1, -0.05) is 17.8 Å². The van der Waals surface area contributed by atoms with Gasteiger partial charge in [-0.3, -0.25) is 0 Å². The third kappa shape index (κ3) is 2.73. The highest BCUT2D eigenvalue weighted by atomic mass is 32.2. The van der Waals surface area contributed by atoms with E-state index >= 15 is 0 Å². The van der Waals surface area contributed by atoms with E-state index in [1.54, 1.807) is 18.0 Å². The van der Waals surface area contributed by atoms with Crippen molar-refractivity contribution in [1.82, 2.24) is 20.4 Å². The van der Waals surface area contributed by atoms with Crippen molar-refractivity contribution >= 4 is 17.6 Å². The van der Waals surface area contributed by atoms with Gasteiger partial charge in [0.2, 0.25) is 0 Å². The maximum atomic E-state index is 4.35. The number of nitrogens with zero attached hydrogens (tertiary/aromatic N) is 4. The van der Waals surface area contributed by atoms with Crippen LogP contribution in [0.25, 0.3) is 0 Å². The van der Waals surface area contributed by atoms with Crippen LogP contribution in [0.15, 0.2) is 29.6 Å². The van der Waals surface area contributed by atoms with E-state index in [1.165, 1.54) is 5.56 Å². The maximum absolute atomic E-state index is 4.35. The second kappa shape index (κ2) is 4.98. The summed E-state index contributed by atoms with van der Waals surface area (Å²) in [6.45, 7) is 0. The molecule has 0 spiro atoms. The summed E-state index contributed by atoms with van der Waals surface area (Å²) in [5.41, 5.74) is 1.18. The van der Waals surface area contributed by atoms with Crippen molar-refractivity contribution in [3.8, 4) is 0 Å². The van der Waals surface area contributed by atoms with Crippen molar-refractivity contribution in [3.63, 3.8) is 0 Å². The fourth-order valence-electron chi connectivity index (χ4n) is 1.18. The number of H-pyrrole nitrogens is 1. The summed E-state index contributed by atoms with van der Waals surface area (Å²) in [4.78, 5) is 6.33. The van der Waals surface area contributed by atoms with Crippen molar-refractivity contribution in [1.29, 1.82) is 0 Å². The molecule has 0 atom stereocenters. The third-order valence-corrected chi connectivity index (χ3v) is 3.02. The zero-order valence-electron chi connectivity index (χ0n) is 9.21. The Labute approximate surface area is 98.3 Å². The van der Waals surface area contributed by atoms with Crippen LogP contribution in [0.3, 0.4) is 0 Å². The van der Waals surface area contributed by atoms with Gasteiger partial charge in [-0.25, -0.2) is 4.98 Å². The summed E-state index contributed by atoms with van der Waals surface area (Å²) in [5.74, 6) is 1.82. The Morgan fingerprint density at radius 1 is 1.31 bits per heavy atom. The Morgan fingerprint density at radius 2 is 2.19 bits per heavy atom. The minimum atomic E-state index is 0.854. The summed E-state index contributed by atoms with van der Waals surface area (Å²) in [7, 11) is 3.96. The first-order chi connectivity index (χ1) is 7.75. The van der Waals surface area contributed by atoms with Crippen LogP contribution >= 0.6 is 11.8 Å². The Balaban J connectivity index is 1.95. The molecule has 2 heterocycles. The van der Waals surface area contributed by atoms with Crippen LogP contribution in [0.4, 0.5) is 5.82 Å². The van der Waals surface area contributed by atoms with Gasteiger partial charge in [0.05, 0.1) is 6.20 Å². The quantitative estimate of drug-likeness (QED) is 0.815. The highest BCUT2D eigenvalue weighted by Gasteiger charge is 2.00. The van der Waals surface area contributed by atoms with E-state index in [-0.39, 0.29) is 0 Å². The molecule has 2 aromatic rings. The maximum Gasteiger partial charge on any atom is 0.139 e. The molecule has 0 fully saturated rings. The second-order valence-corrected chi connectivity index (χ2v) is 4.51. The Bertz CT molecular complexity index is 423. The predicted octanol–water partition coefficient (Wildman–Crippen LogP) is 1.56. The molecule has 0 saturated carbocycles. The van der Waals surface area contributed by atoms with Crippen LogP contribution in [0.2, 0.25) is 0 Å². The number of hydrogen-bond acceptors (Lipinski definition) is 5. The number of aromatic nitrogens is 4. The van der Waals surface area contributed by atoms with E-state index in [4.69, 9.17) is 0 Å². The van der Waals surface area contributed by atoms with Gasteiger partial charge in [-0.2, -0.15) is 10.3 Å². The first-order valence-electron chi connectivity index (χ1n) is 4.86. The zero-order chi connectivity index (χ0) is 11.4. The summed E-state index contributed by atoms with van der Waals surface area (Å²) in [6.07, 6.45) is 3.61. The second-order valence-electron chi connectivity index (χ2n) is 3.52. The minimum Gasteiger partial charge on any atom is -0.363 e. The fraction of sp³-hybridized carbons (Fsp3) is 0.300. The fourth-order valence-corrected chi connectivity index (χ4v) is 1.90. The van der Waals surface area contributed by atoms with E-state index in [1.807, 2.05) is 31.3 Å². The number of pyridine rings is 1. The molecule has 0 aromatic carbocycles. The predicted molar refractivity (Wildman–Crippen MR) is 64.5 cm³/mol. The van der Waals surface area contributed by atoms with Crippen molar-refractivity contribution in [2.24, 2.45) is 0 Å². The molecule has 84 valence electrons. The van der Waals surface area contributed by atoms with Crippen LogP contribution in [-0.2, 0) is 5.75 Å². The van der Waals surface area contributed by atoms with Gasteiger partial charge in [0.25, 0.3) is 0 Å². The molecule has 6 heteroatoms. The summed E-state index contributed by atoms with van der Waals surface area (Å²) in [5, 5.41) is 11.2. The van der Waals surface area contributed by atoms with Crippen LogP contribution in [0.1, 0.15) is 5.56 Å². The van der Waals surface area contributed by atoms with Crippen LogP contribution in [0.5, 0.6) is 0 Å². The van der Waals surface area contributed by atoms with Gasteiger partial charge >= 0.3 is 0 Å². The third-order valence-electron chi connectivity index (χ3n) is 2.05. The molecular formula is C10H13N5S. The number of hydrogen-bond donors (Lipinski definition) is 1. The van der Waals surface area contributed by atoms with Gasteiger partial charge in [0, 0.05) is 26.0 Å². The highest BCUT2D eigenvalue weighted by molar-refractivity contribution is 7.98. The van der Waals surface area contributed by atoms with Crippen LogP contribution in [-0.4, -0.2) is 34.5 Å². The molecule has 0 aliphatic heterocycles. The lowest BCUT2D eigenvalue weighted by atomic mass is 10.3. The Kier molecular flexibility index (Phi) is 3.40. The molecule has 0 bridgehead atoms. The number of thioether (sulfide) groups is 1. The first kappa shape index (κ1) is 10.9. The van der Waals surface area contributed by atoms with Crippen molar-refractivity contribution in [2.45, 2.75) is 10.8 Å². The van der Waals surface area contributed by atoms with Gasteiger partial charge in [0.1, 0.15) is 10.8 Å². The number of rotatable bonds is 4. The summed E-state index contributed by atoms with van der Waals surface area (Å²) in [6, 6.07) is 4.09. The van der Waals surface area contributed by atoms with E-state index < -0.39 is 0 Å². The largest absolute Gasteiger partial charge is 0.363 e. The molecule has 5 nitrogen and oxygen atoms in total. The number of aromatic amines is 1. The van der Waals surface area contributed by atoms with Gasteiger partial charge in [0.15, 0.2) is 0 Å². The van der Waals surface area contributed by atoms with Crippen molar-refractivity contribution in [2.75, 3.05) is 19.0 Å². The van der Waals surface area contributed by atoms with Gasteiger partial charge in [-0.05, 0) is 11.6 Å². The normalized spacial score (nSPS) is 10.4. The van der Waals surface area contributed by atoms with E-state index in [2.05, 4.69) is 26.5 Å². The van der Waals surface area contributed by atoms with E-state index in [0.29, 0.717) is 0 Å². The van der Waals surface area contributed by atoms with E-state index in [9.17, 15) is 0 Å². The molecule has 0 aliphatic rings. The van der Waals surface area contributed by atoms with E-state index in [0.717, 1.165) is 16.6 Å².